The quantitative estimate of drug-likeness (QED) is 0.930. The Balaban J connectivity index is 1.63. The zero-order chi connectivity index (χ0) is 17.8. The molecule has 1 fully saturated rings. The molecule has 1 aliphatic rings. The van der Waals surface area contributed by atoms with Gasteiger partial charge in [-0.05, 0) is 30.9 Å². The van der Waals surface area contributed by atoms with Crippen molar-refractivity contribution in [2.24, 2.45) is 13.0 Å². The van der Waals surface area contributed by atoms with Crippen molar-refractivity contribution in [2.75, 3.05) is 37.4 Å². The molecule has 1 saturated heterocycles. The molecular formula is C19H27N5O. The highest BCUT2D eigenvalue weighted by molar-refractivity contribution is 5.93. The Morgan fingerprint density at radius 2 is 2.16 bits per heavy atom. The number of hydrogen-bond acceptors (Lipinski definition) is 3. The fourth-order valence-electron chi connectivity index (χ4n) is 3.43. The monoisotopic (exact) mass is 341 g/mol. The third-order valence-electron chi connectivity index (χ3n) is 4.83. The lowest BCUT2D eigenvalue weighted by molar-refractivity contribution is 0.176. The maximum absolute atomic E-state index is 12.7. The van der Waals surface area contributed by atoms with E-state index in [1.54, 1.807) is 0 Å². The normalized spacial score (nSPS) is 17.4. The van der Waals surface area contributed by atoms with E-state index in [1.165, 1.54) is 0 Å². The second-order valence-electron chi connectivity index (χ2n) is 6.95. The van der Waals surface area contributed by atoms with Gasteiger partial charge in [-0.1, -0.05) is 12.1 Å². The van der Waals surface area contributed by atoms with Gasteiger partial charge in [0.2, 0.25) is 0 Å². The van der Waals surface area contributed by atoms with Crippen molar-refractivity contribution in [1.82, 2.24) is 14.5 Å². The number of hydrogen-bond donors (Lipinski definition) is 1. The zero-order valence-electron chi connectivity index (χ0n) is 15.3. The molecule has 0 spiro atoms. The van der Waals surface area contributed by atoms with Gasteiger partial charge in [-0.25, -0.2) is 9.78 Å². The molecule has 2 heterocycles. The van der Waals surface area contributed by atoms with Crippen LogP contribution in [-0.2, 0) is 13.5 Å². The molecule has 1 aromatic heterocycles. The van der Waals surface area contributed by atoms with E-state index < -0.39 is 0 Å². The van der Waals surface area contributed by atoms with Crippen molar-refractivity contribution in [1.29, 1.82) is 0 Å². The first-order valence-electron chi connectivity index (χ1n) is 8.83. The van der Waals surface area contributed by atoms with Gasteiger partial charge in [-0.3, -0.25) is 0 Å². The minimum atomic E-state index is -0.0150. The van der Waals surface area contributed by atoms with Crippen LogP contribution in [0.3, 0.4) is 0 Å². The Morgan fingerprint density at radius 3 is 2.88 bits per heavy atom. The highest BCUT2D eigenvalue weighted by Crippen LogP contribution is 2.25. The highest BCUT2D eigenvalue weighted by Gasteiger charge is 2.25. The molecule has 3 rings (SSSR count). The topological polar surface area (TPSA) is 53.4 Å². The number of para-hydroxylation sites is 2. The number of aromatic nitrogens is 2. The van der Waals surface area contributed by atoms with E-state index in [0.29, 0.717) is 5.92 Å². The van der Waals surface area contributed by atoms with Gasteiger partial charge in [0.05, 0.1) is 11.4 Å². The summed E-state index contributed by atoms with van der Waals surface area (Å²) in [5.41, 5.74) is 1.86. The lowest BCUT2D eigenvalue weighted by Crippen LogP contribution is -2.43. The van der Waals surface area contributed by atoms with E-state index in [0.717, 1.165) is 49.6 Å². The van der Waals surface area contributed by atoms with Crippen LogP contribution < -0.4 is 10.2 Å². The Bertz CT molecular complexity index is 724. The first-order valence-corrected chi connectivity index (χ1v) is 8.83. The molecule has 0 saturated carbocycles. The van der Waals surface area contributed by atoms with E-state index in [2.05, 4.69) is 14.9 Å². The number of benzene rings is 1. The van der Waals surface area contributed by atoms with Crippen LogP contribution in [0.4, 0.5) is 16.2 Å². The average molecular weight is 341 g/mol. The number of aryl methyl sites for hydroxylation is 1. The van der Waals surface area contributed by atoms with Gasteiger partial charge in [0.25, 0.3) is 0 Å². The number of imidazole rings is 1. The summed E-state index contributed by atoms with van der Waals surface area (Å²) in [4.78, 5) is 21.1. The minimum absolute atomic E-state index is 0.0150. The van der Waals surface area contributed by atoms with Gasteiger partial charge in [-0.2, -0.15) is 0 Å². The first kappa shape index (κ1) is 17.3. The van der Waals surface area contributed by atoms with Crippen LogP contribution in [0.5, 0.6) is 0 Å². The fourth-order valence-corrected chi connectivity index (χ4v) is 3.43. The third kappa shape index (κ3) is 4.13. The van der Waals surface area contributed by atoms with Gasteiger partial charge in [0.15, 0.2) is 0 Å². The predicted molar refractivity (Wildman–Crippen MR) is 101 cm³/mol. The summed E-state index contributed by atoms with van der Waals surface area (Å²) in [7, 11) is 5.98. The maximum atomic E-state index is 12.7. The van der Waals surface area contributed by atoms with E-state index in [9.17, 15) is 4.79 Å². The van der Waals surface area contributed by atoms with Crippen LogP contribution in [0.15, 0.2) is 36.7 Å². The van der Waals surface area contributed by atoms with Crippen molar-refractivity contribution in [3.05, 3.63) is 42.5 Å². The summed E-state index contributed by atoms with van der Waals surface area (Å²) in [6.45, 7) is 1.59. The van der Waals surface area contributed by atoms with Crippen molar-refractivity contribution in [3.63, 3.8) is 0 Å². The molecular weight excluding hydrogens is 314 g/mol. The maximum Gasteiger partial charge on any atom is 0.321 e. The van der Waals surface area contributed by atoms with Gasteiger partial charge in [0, 0.05) is 53.0 Å². The summed E-state index contributed by atoms with van der Waals surface area (Å²) in [5, 5.41) is 3.08. The van der Waals surface area contributed by atoms with Crippen molar-refractivity contribution in [3.8, 4) is 0 Å². The average Bonchev–Trinajstić information content (AvgIpc) is 3.00. The number of urea groups is 1. The number of amides is 2. The number of carbonyl (C=O) groups excluding carboxylic acids is 1. The van der Waals surface area contributed by atoms with Crippen LogP contribution in [0, 0.1) is 5.92 Å². The molecule has 0 bridgehead atoms. The smallest absolute Gasteiger partial charge is 0.321 e. The SMILES string of the molecule is CN(C)c1ccccc1NC(=O)N1CCC[C@@H](Cc2nccn2C)C1. The van der Waals surface area contributed by atoms with Crippen molar-refractivity contribution >= 4 is 17.4 Å². The number of nitrogens with zero attached hydrogens (tertiary/aromatic N) is 4. The number of carbonyl (C=O) groups is 1. The van der Waals surface area contributed by atoms with Gasteiger partial charge >= 0.3 is 6.03 Å². The molecule has 0 radical (unpaired) electrons. The number of anilines is 2. The lowest BCUT2D eigenvalue weighted by atomic mass is 9.94. The van der Waals surface area contributed by atoms with Gasteiger partial charge in [0.1, 0.15) is 5.82 Å². The van der Waals surface area contributed by atoms with Crippen LogP contribution in [0.2, 0.25) is 0 Å². The van der Waals surface area contributed by atoms with Crippen LogP contribution in [0.25, 0.3) is 0 Å². The molecule has 2 amide bonds. The molecule has 6 nitrogen and oxygen atoms in total. The molecule has 1 aliphatic heterocycles. The molecule has 0 unspecified atom stereocenters. The Labute approximate surface area is 149 Å². The van der Waals surface area contributed by atoms with Crippen LogP contribution >= 0.6 is 0 Å². The molecule has 6 heteroatoms. The number of piperidine rings is 1. The number of rotatable bonds is 4. The van der Waals surface area contributed by atoms with Gasteiger partial charge < -0.3 is 19.7 Å². The molecule has 1 aromatic carbocycles. The van der Waals surface area contributed by atoms with E-state index in [1.807, 2.05) is 67.6 Å². The summed E-state index contributed by atoms with van der Waals surface area (Å²) in [6.07, 6.45) is 6.91. The van der Waals surface area contributed by atoms with E-state index >= 15 is 0 Å². The highest BCUT2D eigenvalue weighted by atomic mass is 16.2. The zero-order valence-corrected chi connectivity index (χ0v) is 15.3. The Hall–Kier alpha value is -2.50. The number of nitrogens with one attached hydrogen (secondary N) is 1. The summed E-state index contributed by atoms with van der Waals surface area (Å²) >= 11 is 0. The largest absolute Gasteiger partial charge is 0.376 e. The molecule has 134 valence electrons. The van der Waals surface area contributed by atoms with E-state index in [4.69, 9.17) is 0 Å². The molecule has 25 heavy (non-hydrogen) atoms. The second-order valence-corrected chi connectivity index (χ2v) is 6.95. The standard InChI is InChI=1S/C19H27N5O/c1-22(2)17-9-5-4-8-16(17)21-19(25)24-11-6-7-15(14-24)13-18-20-10-12-23(18)3/h4-5,8-10,12,15H,6-7,11,13-14H2,1-3H3,(H,21,25)/t15-/m0/s1. The predicted octanol–water partition coefficient (Wildman–Crippen LogP) is 2.97. The van der Waals surface area contributed by atoms with Crippen molar-refractivity contribution < 1.29 is 4.79 Å². The summed E-state index contributed by atoms with van der Waals surface area (Å²) in [6, 6.07) is 7.87. The molecule has 2 aromatic rings. The van der Waals surface area contributed by atoms with E-state index in [-0.39, 0.29) is 6.03 Å². The van der Waals surface area contributed by atoms with Crippen molar-refractivity contribution in [2.45, 2.75) is 19.3 Å². The Morgan fingerprint density at radius 1 is 1.36 bits per heavy atom. The molecule has 0 aliphatic carbocycles. The van der Waals surface area contributed by atoms with Gasteiger partial charge in [-0.15, -0.1) is 0 Å². The van der Waals surface area contributed by atoms with Crippen LogP contribution in [-0.4, -0.2) is 47.7 Å². The molecule has 1 atom stereocenters. The fraction of sp³-hybridized carbons (Fsp3) is 0.474. The van der Waals surface area contributed by atoms with Crippen LogP contribution in [0.1, 0.15) is 18.7 Å². The minimum Gasteiger partial charge on any atom is -0.376 e. The first-order chi connectivity index (χ1) is 12.0. The Kier molecular flexibility index (Phi) is 5.26. The lowest BCUT2D eigenvalue weighted by Gasteiger charge is -2.33. The molecule has 1 N–H and O–H groups in total. The third-order valence-corrected chi connectivity index (χ3v) is 4.83. The number of likely N-dealkylation sites (tertiary alicyclic amines) is 1. The second kappa shape index (κ2) is 7.59. The summed E-state index contributed by atoms with van der Waals surface area (Å²) < 4.78 is 2.06. The summed E-state index contributed by atoms with van der Waals surface area (Å²) in [5.74, 6) is 1.55.